The van der Waals surface area contributed by atoms with E-state index in [2.05, 4.69) is 30.0 Å². The van der Waals surface area contributed by atoms with Gasteiger partial charge in [-0.1, -0.05) is 32.0 Å². The molecule has 8 heteroatoms. The van der Waals surface area contributed by atoms with Crippen molar-refractivity contribution >= 4 is 23.4 Å². The standard InChI is InChI=1S/C25H33N3O5/c1-5-17(3)21-9-7-8-10-22(21)33-18(4)25(31)28-27-24(30)16-15-23(29)26-19-11-13-20(14-12-19)32-6-2/h7-14,17-18H,5-6,15-16H2,1-4H3,(H,26,29)(H,27,30)(H,28,31). The minimum absolute atomic E-state index is 0.0246. The maximum absolute atomic E-state index is 12.3. The van der Waals surface area contributed by atoms with Crippen molar-refractivity contribution in [3.8, 4) is 11.5 Å². The zero-order valence-corrected chi connectivity index (χ0v) is 19.6. The molecule has 2 atom stereocenters. The number of anilines is 1. The van der Waals surface area contributed by atoms with Gasteiger partial charge in [0.05, 0.1) is 6.61 Å². The van der Waals surface area contributed by atoms with Crippen molar-refractivity contribution in [3.05, 3.63) is 54.1 Å². The minimum Gasteiger partial charge on any atom is -0.494 e. The van der Waals surface area contributed by atoms with Crippen molar-refractivity contribution < 1.29 is 23.9 Å². The third-order valence-corrected chi connectivity index (χ3v) is 5.09. The van der Waals surface area contributed by atoms with Crippen LogP contribution in [0.4, 0.5) is 5.69 Å². The number of rotatable bonds is 11. The quantitative estimate of drug-likeness (QED) is 0.445. The van der Waals surface area contributed by atoms with Crippen LogP contribution in [-0.2, 0) is 14.4 Å². The van der Waals surface area contributed by atoms with Crippen LogP contribution in [0.15, 0.2) is 48.5 Å². The maximum Gasteiger partial charge on any atom is 0.279 e. The van der Waals surface area contributed by atoms with Crippen molar-refractivity contribution in [2.24, 2.45) is 0 Å². The zero-order valence-electron chi connectivity index (χ0n) is 19.6. The fourth-order valence-electron chi connectivity index (χ4n) is 3.01. The molecule has 178 valence electrons. The highest BCUT2D eigenvalue weighted by Gasteiger charge is 2.18. The van der Waals surface area contributed by atoms with Gasteiger partial charge in [0.25, 0.3) is 5.91 Å². The van der Waals surface area contributed by atoms with Gasteiger partial charge >= 0.3 is 0 Å². The molecule has 0 aliphatic heterocycles. The lowest BCUT2D eigenvalue weighted by atomic mass is 9.98. The molecule has 8 nitrogen and oxygen atoms in total. The molecular weight excluding hydrogens is 422 g/mol. The van der Waals surface area contributed by atoms with Crippen molar-refractivity contribution in [1.29, 1.82) is 0 Å². The molecule has 33 heavy (non-hydrogen) atoms. The first-order chi connectivity index (χ1) is 15.8. The van der Waals surface area contributed by atoms with Gasteiger partial charge in [0, 0.05) is 18.5 Å². The van der Waals surface area contributed by atoms with Crippen molar-refractivity contribution in [3.63, 3.8) is 0 Å². The van der Waals surface area contributed by atoms with Gasteiger partial charge in [-0.15, -0.1) is 0 Å². The number of para-hydroxylation sites is 1. The maximum atomic E-state index is 12.3. The second kappa shape index (κ2) is 13.1. The number of amides is 3. The fraction of sp³-hybridized carbons (Fsp3) is 0.400. The zero-order chi connectivity index (χ0) is 24.2. The molecule has 3 N–H and O–H groups in total. The van der Waals surface area contributed by atoms with Crippen molar-refractivity contribution in [1.82, 2.24) is 10.9 Å². The Bertz CT molecular complexity index is 930. The van der Waals surface area contributed by atoms with Gasteiger partial charge < -0.3 is 14.8 Å². The average molecular weight is 456 g/mol. The highest BCUT2D eigenvalue weighted by atomic mass is 16.5. The molecule has 0 saturated heterocycles. The summed E-state index contributed by atoms with van der Waals surface area (Å²) >= 11 is 0. The molecule has 0 saturated carbocycles. The summed E-state index contributed by atoms with van der Waals surface area (Å²) in [5.74, 6) is 0.390. The topological polar surface area (TPSA) is 106 Å². The van der Waals surface area contributed by atoms with Crippen LogP contribution in [0.3, 0.4) is 0 Å². The molecule has 0 fully saturated rings. The molecule has 0 spiro atoms. The fourth-order valence-corrected chi connectivity index (χ4v) is 3.01. The molecule has 2 aromatic rings. The number of ether oxygens (including phenoxy) is 2. The van der Waals surface area contributed by atoms with E-state index < -0.39 is 17.9 Å². The van der Waals surface area contributed by atoms with E-state index in [1.807, 2.05) is 31.2 Å². The second-order valence-corrected chi connectivity index (χ2v) is 7.65. The Labute approximate surface area is 195 Å². The number of hydrogen-bond donors (Lipinski definition) is 3. The number of carbonyl (C=O) groups is 3. The Morgan fingerprint density at radius 1 is 0.879 bits per heavy atom. The van der Waals surface area contributed by atoms with E-state index in [1.165, 1.54) is 0 Å². The van der Waals surface area contributed by atoms with Crippen molar-refractivity contribution in [2.45, 2.75) is 59.0 Å². The smallest absolute Gasteiger partial charge is 0.279 e. The molecule has 0 aliphatic carbocycles. The molecular formula is C25H33N3O5. The molecule has 2 rings (SSSR count). The van der Waals surface area contributed by atoms with E-state index in [9.17, 15) is 14.4 Å². The molecule has 0 radical (unpaired) electrons. The Morgan fingerprint density at radius 2 is 1.55 bits per heavy atom. The predicted molar refractivity (Wildman–Crippen MR) is 127 cm³/mol. The van der Waals surface area contributed by atoms with Gasteiger partial charge in [-0.05, 0) is 62.1 Å². The summed E-state index contributed by atoms with van der Waals surface area (Å²) in [6, 6.07) is 14.6. The van der Waals surface area contributed by atoms with Crippen molar-refractivity contribution in [2.75, 3.05) is 11.9 Å². The SMILES string of the molecule is CCOc1ccc(NC(=O)CCC(=O)NNC(=O)C(C)Oc2ccccc2C(C)CC)cc1. The minimum atomic E-state index is -0.807. The third-order valence-electron chi connectivity index (χ3n) is 5.09. The number of hydrazine groups is 1. The van der Waals surface area contributed by atoms with Gasteiger partial charge in [-0.3, -0.25) is 25.2 Å². The molecule has 0 aromatic heterocycles. The summed E-state index contributed by atoms with van der Waals surface area (Å²) in [4.78, 5) is 36.4. The Morgan fingerprint density at radius 3 is 2.21 bits per heavy atom. The Hall–Kier alpha value is -3.55. The molecule has 3 amide bonds. The first kappa shape index (κ1) is 25.7. The van der Waals surface area contributed by atoms with Gasteiger partial charge in [0.15, 0.2) is 6.10 Å². The number of benzene rings is 2. The molecule has 2 unspecified atom stereocenters. The van der Waals surface area contributed by atoms with Crippen LogP contribution in [0.2, 0.25) is 0 Å². The van der Waals surface area contributed by atoms with Crippen LogP contribution < -0.4 is 25.6 Å². The summed E-state index contributed by atoms with van der Waals surface area (Å²) in [6.07, 6.45) is 0.0419. The highest BCUT2D eigenvalue weighted by molar-refractivity contribution is 5.93. The van der Waals surface area contributed by atoms with Crippen LogP contribution in [0.5, 0.6) is 11.5 Å². The third kappa shape index (κ3) is 8.48. The average Bonchev–Trinajstić information content (AvgIpc) is 2.82. The van der Waals surface area contributed by atoms with E-state index in [-0.39, 0.29) is 18.7 Å². The van der Waals surface area contributed by atoms with E-state index in [0.717, 1.165) is 12.0 Å². The second-order valence-electron chi connectivity index (χ2n) is 7.65. The lowest BCUT2D eigenvalue weighted by molar-refractivity contribution is -0.133. The van der Waals surface area contributed by atoms with Gasteiger partial charge in [-0.2, -0.15) is 0 Å². The Balaban J connectivity index is 1.74. The van der Waals surface area contributed by atoms with E-state index in [4.69, 9.17) is 9.47 Å². The monoisotopic (exact) mass is 455 g/mol. The summed E-state index contributed by atoms with van der Waals surface area (Å²) < 4.78 is 11.2. The van der Waals surface area contributed by atoms with Crippen LogP contribution in [0.25, 0.3) is 0 Å². The summed E-state index contributed by atoms with van der Waals surface area (Å²) in [5.41, 5.74) is 6.31. The van der Waals surface area contributed by atoms with Crippen LogP contribution in [0, 0.1) is 0 Å². The number of hydrogen-bond acceptors (Lipinski definition) is 5. The first-order valence-corrected chi connectivity index (χ1v) is 11.2. The van der Waals surface area contributed by atoms with Crippen LogP contribution >= 0.6 is 0 Å². The lowest BCUT2D eigenvalue weighted by Crippen LogP contribution is -2.47. The van der Waals surface area contributed by atoms with Gasteiger partial charge in [-0.25, -0.2) is 0 Å². The van der Waals surface area contributed by atoms with Crippen LogP contribution in [0.1, 0.15) is 58.4 Å². The molecule has 0 bridgehead atoms. The Kier molecular flexibility index (Phi) is 10.2. The van der Waals surface area contributed by atoms with E-state index in [1.54, 1.807) is 31.2 Å². The predicted octanol–water partition coefficient (Wildman–Crippen LogP) is 3.93. The van der Waals surface area contributed by atoms with Gasteiger partial charge in [0.1, 0.15) is 11.5 Å². The molecule has 0 aliphatic rings. The highest BCUT2D eigenvalue weighted by Crippen LogP contribution is 2.29. The van der Waals surface area contributed by atoms with Gasteiger partial charge in [0.2, 0.25) is 11.8 Å². The summed E-state index contributed by atoms with van der Waals surface area (Å²) in [7, 11) is 0. The number of carbonyl (C=O) groups excluding carboxylic acids is 3. The largest absolute Gasteiger partial charge is 0.494 e. The normalized spacial score (nSPS) is 12.2. The summed E-state index contributed by atoms with van der Waals surface area (Å²) in [5, 5.41) is 2.71. The molecule has 0 heterocycles. The van der Waals surface area contributed by atoms with E-state index >= 15 is 0 Å². The summed E-state index contributed by atoms with van der Waals surface area (Å²) in [6.45, 7) is 8.25. The van der Waals surface area contributed by atoms with E-state index in [0.29, 0.717) is 29.7 Å². The molecule has 2 aromatic carbocycles. The van der Waals surface area contributed by atoms with Crippen LogP contribution in [-0.4, -0.2) is 30.4 Å². The lowest BCUT2D eigenvalue weighted by Gasteiger charge is -2.19. The first-order valence-electron chi connectivity index (χ1n) is 11.2. The number of nitrogens with one attached hydrogen (secondary N) is 3.